The van der Waals surface area contributed by atoms with Crippen molar-refractivity contribution in [1.29, 1.82) is 0 Å². The van der Waals surface area contributed by atoms with Gasteiger partial charge in [-0.1, -0.05) is 6.42 Å². The molecular formula is C8H18S3. The lowest BCUT2D eigenvalue weighted by atomic mass is 10.3. The molecule has 0 aromatic carbocycles. The van der Waals surface area contributed by atoms with Crippen LogP contribution < -0.4 is 0 Å². The lowest BCUT2D eigenvalue weighted by Crippen LogP contribution is -1.85. The van der Waals surface area contributed by atoms with E-state index in [0.717, 1.165) is 11.5 Å². The second-order valence-corrected chi connectivity index (χ2v) is 4.59. The summed E-state index contributed by atoms with van der Waals surface area (Å²) in [6, 6.07) is 0. The Hall–Kier alpha value is 1.05. The summed E-state index contributed by atoms with van der Waals surface area (Å²) in [5, 5.41) is 0. The van der Waals surface area contributed by atoms with Crippen molar-refractivity contribution in [3.05, 3.63) is 0 Å². The quantitative estimate of drug-likeness (QED) is 0.458. The Balaban J connectivity index is 2.69. The van der Waals surface area contributed by atoms with Crippen molar-refractivity contribution >= 4 is 37.0 Å². The van der Waals surface area contributed by atoms with Gasteiger partial charge in [0.15, 0.2) is 0 Å². The first-order valence-corrected chi connectivity index (χ1v) is 6.63. The SMILES string of the molecule is SCCCCCSCCCS. The van der Waals surface area contributed by atoms with Crippen molar-refractivity contribution in [3.63, 3.8) is 0 Å². The predicted octanol–water partition coefficient (Wildman–Crippen LogP) is 3.14. The van der Waals surface area contributed by atoms with Crippen LogP contribution in [0.25, 0.3) is 0 Å². The van der Waals surface area contributed by atoms with Gasteiger partial charge in [0.1, 0.15) is 0 Å². The summed E-state index contributed by atoms with van der Waals surface area (Å²) in [7, 11) is 0. The molecule has 0 aromatic heterocycles. The Morgan fingerprint density at radius 3 is 2.00 bits per heavy atom. The second-order valence-electron chi connectivity index (χ2n) is 2.47. The molecule has 0 radical (unpaired) electrons. The molecule has 68 valence electrons. The molecule has 0 aliphatic rings. The molecule has 0 aliphatic carbocycles. The first kappa shape index (κ1) is 12.0. The van der Waals surface area contributed by atoms with E-state index in [0.29, 0.717) is 0 Å². The maximum atomic E-state index is 4.16. The van der Waals surface area contributed by atoms with Gasteiger partial charge in [0.05, 0.1) is 0 Å². The summed E-state index contributed by atoms with van der Waals surface area (Å²) >= 11 is 10.4. The molecule has 0 bridgehead atoms. The first-order chi connectivity index (χ1) is 5.41. The topological polar surface area (TPSA) is 0 Å². The van der Waals surface area contributed by atoms with E-state index < -0.39 is 0 Å². The zero-order valence-corrected chi connectivity index (χ0v) is 9.56. The third kappa shape index (κ3) is 11.0. The zero-order valence-electron chi connectivity index (χ0n) is 6.96. The third-order valence-electron chi connectivity index (χ3n) is 1.39. The monoisotopic (exact) mass is 210 g/mol. The molecule has 0 spiro atoms. The Morgan fingerprint density at radius 2 is 1.36 bits per heavy atom. The van der Waals surface area contributed by atoms with E-state index in [4.69, 9.17) is 0 Å². The summed E-state index contributed by atoms with van der Waals surface area (Å²) in [6.07, 6.45) is 5.23. The summed E-state index contributed by atoms with van der Waals surface area (Å²) < 4.78 is 0. The van der Waals surface area contributed by atoms with E-state index in [1.165, 1.54) is 37.2 Å². The van der Waals surface area contributed by atoms with Crippen molar-refractivity contribution in [3.8, 4) is 0 Å². The third-order valence-corrected chi connectivity index (χ3v) is 3.18. The number of unbranched alkanes of at least 4 members (excludes halogenated alkanes) is 2. The molecule has 0 rings (SSSR count). The Kier molecular flexibility index (Phi) is 12.1. The Labute approximate surface area is 85.7 Å². The van der Waals surface area contributed by atoms with Crippen LogP contribution in [0.5, 0.6) is 0 Å². The predicted molar refractivity (Wildman–Crippen MR) is 63.5 cm³/mol. The molecule has 0 unspecified atom stereocenters. The van der Waals surface area contributed by atoms with Crippen LogP contribution in [0.1, 0.15) is 25.7 Å². The average molecular weight is 210 g/mol. The maximum Gasteiger partial charge on any atom is -0.00598 e. The Morgan fingerprint density at radius 1 is 0.727 bits per heavy atom. The van der Waals surface area contributed by atoms with Crippen LogP contribution in [0.2, 0.25) is 0 Å². The van der Waals surface area contributed by atoms with E-state index >= 15 is 0 Å². The van der Waals surface area contributed by atoms with Crippen molar-refractivity contribution < 1.29 is 0 Å². The lowest BCUT2D eigenvalue weighted by molar-refractivity contribution is 0.786. The van der Waals surface area contributed by atoms with Gasteiger partial charge in [0, 0.05) is 0 Å². The number of hydrogen-bond donors (Lipinski definition) is 2. The number of hydrogen-bond acceptors (Lipinski definition) is 3. The fraction of sp³-hybridized carbons (Fsp3) is 1.00. The molecule has 0 atom stereocenters. The second kappa shape index (κ2) is 11.1. The molecule has 0 heterocycles. The van der Waals surface area contributed by atoms with Crippen LogP contribution in [-0.4, -0.2) is 23.0 Å². The largest absolute Gasteiger partial charge is 0.179 e. The van der Waals surface area contributed by atoms with Crippen LogP contribution in [0.4, 0.5) is 0 Å². The number of thioether (sulfide) groups is 1. The van der Waals surface area contributed by atoms with Gasteiger partial charge in [-0.05, 0) is 42.3 Å². The Bertz CT molecular complexity index is 58.4. The molecule has 0 aromatic rings. The minimum absolute atomic E-state index is 1.03. The van der Waals surface area contributed by atoms with E-state index in [9.17, 15) is 0 Å². The van der Waals surface area contributed by atoms with Crippen molar-refractivity contribution in [2.45, 2.75) is 25.7 Å². The van der Waals surface area contributed by atoms with E-state index in [-0.39, 0.29) is 0 Å². The molecule has 0 amide bonds. The molecule has 0 N–H and O–H groups in total. The summed E-state index contributed by atoms with van der Waals surface area (Å²) in [5.74, 6) is 4.68. The molecule has 11 heavy (non-hydrogen) atoms. The van der Waals surface area contributed by atoms with Gasteiger partial charge in [0.25, 0.3) is 0 Å². The summed E-state index contributed by atoms with van der Waals surface area (Å²) in [5.41, 5.74) is 0. The molecule has 3 heteroatoms. The standard InChI is InChI=1S/C8H18S3/c9-5-2-1-3-7-11-8-4-6-10/h9-10H,1-8H2. The van der Waals surface area contributed by atoms with Gasteiger partial charge in [-0.3, -0.25) is 0 Å². The molecular weight excluding hydrogens is 192 g/mol. The number of thiol groups is 2. The van der Waals surface area contributed by atoms with E-state index in [1.54, 1.807) is 0 Å². The van der Waals surface area contributed by atoms with Gasteiger partial charge >= 0.3 is 0 Å². The van der Waals surface area contributed by atoms with Crippen LogP contribution in [-0.2, 0) is 0 Å². The highest BCUT2D eigenvalue weighted by Gasteiger charge is 1.89. The fourth-order valence-corrected chi connectivity index (χ4v) is 2.32. The van der Waals surface area contributed by atoms with Crippen LogP contribution in [0.15, 0.2) is 0 Å². The normalized spacial score (nSPS) is 10.4. The van der Waals surface area contributed by atoms with Crippen molar-refractivity contribution in [2.75, 3.05) is 23.0 Å². The lowest BCUT2D eigenvalue weighted by Gasteiger charge is -1.98. The highest BCUT2D eigenvalue weighted by Crippen LogP contribution is 2.08. The van der Waals surface area contributed by atoms with Crippen molar-refractivity contribution in [2.24, 2.45) is 0 Å². The minimum atomic E-state index is 1.03. The van der Waals surface area contributed by atoms with E-state index in [2.05, 4.69) is 37.0 Å². The van der Waals surface area contributed by atoms with Gasteiger partial charge < -0.3 is 0 Å². The molecule has 0 aliphatic heterocycles. The number of rotatable bonds is 8. The molecule has 0 nitrogen and oxygen atoms in total. The maximum absolute atomic E-state index is 4.16. The smallest absolute Gasteiger partial charge is 0.00598 e. The molecule has 0 saturated heterocycles. The van der Waals surface area contributed by atoms with E-state index in [1.807, 2.05) is 0 Å². The summed E-state index contributed by atoms with van der Waals surface area (Å²) in [6.45, 7) is 0. The van der Waals surface area contributed by atoms with Crippen LogP contribution in [0, 0.1) is 0 Å². The van der Waals surface area contributed by atoms with Gasteiger partial charge in [-0.15, -0.1) is 0 Å². The minimum Gasteiger partial charge on any atom is -0.179 e. The fourth-order valence-electron chi connectivity index (χ4n) is 0.761. The van der Waals surface area contributed by atoms with Crippen LogP contribution in [0.3, 0.4) is 0 Å². The van der Waals surface area contributed by atoms with Gasteiger partial charge in [0.2, 0.25) is 0 Å². The van der Waals surface area contributed by atoms with Crippen LogP contribution >= 0.6 is 37.0 Å². The highest BCUT2D eigenvalue weighted by atomic mass is 32.2. The highest BCUT2D eigenvalue weighted by molar-refractivity contribution is 7.99. The van der Waals surface area contributed by atoms with Crippen molar-refractivity contribution in [1.82, 2.24) is 0 Å². The molecule has 0 saturated carbocycles. The van der Waals surface area contributed by atoms with Gasteiger partial charge in [-0.2, -0.15) is 37.0 Å². The zero-order chi connectivity index (χ0) is 8.36. The van der Waals surface area contributed by atoms with Gasteiger partial charge in [-0.25, -0.2) is 0 Å². The average Bonchev–Trinajstić information content (AvgIpc) is 2.03. The first-order valence-electron chi connectivity index (χ1n) is 4.21. The molecule has 0 fully saturated rings. The summed E-state index contributed by atoms with van der Waals surface area (Å²) in [4.78, 5) is 0.